The van der Waals surface area contributed by atoms with Crippen LogP contribution in [-0.4, -0.2) is 17.6 Å². The van der Waals surface area contributed by atoms with E-state index in [1.165, 1.54) is 7.11 Å². The van der Waals surface area contributed by atoms with Crippen molar-refractivity contribution in [3.8, 4) is 6.07 Å². The molecule has 4 nitrogen and oxygen atoms in total. The predicted molar refractivity (Wildman–Crippen MR) is 85.1 cm³/mol. The van der Waals surface area contributed by atoms with Gasteiger partial charge in [0.1, 0.15) is 6.07 Å². The number of hydrogen-bond acceptors (Lipinski definition) is 3. The molecule has 4 heteroatoms. The second kappa shape index (κ2) is 5.69. The van der Waals surface area contributed by atoms with E-state index in [1.54, 1.807) is 0 Å². The Labute approximate surface area is 129 Å². The van der Waals surface area contributed by atoms with E-state index in [0.29, 0.717) is 18.5 Å². The van der Waals surface area contributed by atoms with Crippen LogP contribution in [-0.2, 0) is 16.1 Å². The second-order valence-electron chi connectivity index (χ2n) is 5.45. The lowest BCUT2D eigenvalue weighted by atomic mass is 9.93. The molecule has 1 aliphatic heterocycles. The van der Waals surface area contributed by atoms with Gasteiger partial charge >= 0.3 is 5.97 Å². The topological polar surface area (TPSA) is 55.0 Å². The number of allylic oxidation sites excluding steroid dienone is 1. The molecule has 0 saturated heterocycles. The molecule has 0 radical (unpaired) electrons. The van der Waals surface area contributed by atoms with Crippen molar-refractivity contribution in [1.29, 1.82) is 5.26 Å². The average molecular weight is 294 g/mol. The molecule has 0 saturated carbocycles. The summed E-state index contributed by atoms with van der Waals surface area (Å²) in [7, 11) is 1.41. The van der Waals surface area contributed by atoms with Gasteiger partial charge < -0.3 is 9.30 Å². The number of fused-ring (bicyclic) bond motifs is 3. The van der Waals surface area contributed by atoms with Crippen molar-refractivity contribution in [3.05, 3.63) is 41.1 Å². The minimum Gasteiger partial charge on any atom is -0.466 e. The van der Waals surface area contributed by atoms with Crippen LogP contribution in [0.1, 0.15) is 37.4 Å². The van der Waals surface area contributed by atoms with Gasteiger partial charge in [-0.05, 0) is 24.5 Å². The highest BCUT2D eigenvalue weighted by Gasteiger charge is 2.28. The summed E-state index contributed by atoms with van der Waals surface area (Å²) in [4.78, 5) is 12.1. The predicted octanol–water partition coefficient (Wildman–Crippen LogP) is 3.64. The number of nitriles is 1. The van der Waals surface area contributed by atoms with Gasteiger partial charge in [-0.15, -0.1) is 0 Å². The molecule has 0 spiro atoms. The molecule has 0 unspecified atom stereocenters. The average Bonchev–Trinajstić information content (AvgIpc) is 2.89. The summed E-state index contributed by atoms with van der Waals surface area (Å²) in [5, 5.41) is 10.6. The number of rotatable bonds is 3. The zero-order valence-electron chi connectivity index (χ0n) is 12.8. The summed E-state index contributed by atoms with van der Waals surface area (Å²) < 4.78 is 7.11. The van der Waals surface area contributed by atoms with E-state index in [4.69, 9.17) is 4.74 Å². The maximum Gasteiger partial charge on any atom is 0.334 e. The fourth-order valence-corrected chi connectivity index (χ4v) is 3.35. The molecule has 2 aromatic rings. The molecule has 0 amide bonds. The zero-order chi connectivity index (χ0) is 15.7. The van der Waals surface area contributed by atoms with Crippen molar-refractivity contribution >= 4 is 22.4 Å². The largest absolute Gasteiger partial charge is 0.466 e. The first-order chi connectivity index (χ1) is 10.7. The summed E-state index contributed by atoms with van der Waals surface area (Å²) in [5.74, 6) is -0.274. The molecule has 0 fully saturated rings. The molecule has 0 N–H and O–H groups in total. The molecule has 1 aliphatic rings. The Hall–Kier alpha value is -2.54. The fourth-order valence-electron chi connectivity index (χ4n) is 3.35. The lowest BCUT2D eigenvalue weighted by Crippen LogP contribution is -2.18. The molecular weight excluding hydrogens is 276 g/mol. The summed E-state index contributed by atoms with van der Waals surface area (Å²) in [6, 6.07) is 10.3. The third kappa shape index (κ3) is 2.01. The van der Waals surface area contributed by atoms with Gasteiger partial charge in [-0.3, -0.25) is 0 Å². The molecule has 0 atom stereocenters. The molecule has 112 valence electrons. The molecule has 1 aromatic carbocycles. The Kier molecular flexibility index (Phi) is 3.72. The van der Waals surface area contributed by atoms with Gasteiger partial charge in [0, 0.05) is 23.0 Å². The lowest BCUT2D eigenvalue weighted by Gasteiger charge is -2.22. The van der Waals surface area contributed by atoms with Gasteiger partial charge in [0.15, 0.2) is 0 Å². The van der Waals surface area contributed by atoms with Gasteiger partial charge in [-0.1, -0.05) is 31.5 Å². The van der Waals surface area contributed by atoms with Gasteiger partial charge in [0.25, 0.3) is 0 Å². The number of esters is 1. The molecule has 22 heavy (non-hydrogen) atoms. The van der Waals surface area contributed by atoms with Crippen LogP contribution in [0, 0.1) is 11.3 Å². The highest BCUT2D eigenvalue weighted by molar-refractivity contribution is 6.02. The van der Waals surface area contributed by atoms with Gasteiger partial charge in [-0.25, -0.2) is 4.79 Å². The van der Waals surface area contributed by atoms with Crippen LogP contribution in [0.25, 0.3) is 16.5 Å². The minimum absolute atomic E-state index is 0.274. The second-order valence-corrected chi connectivity index (χ2v) is 5.45. The number of ether oxygens (including phenoxy) is 1. The van der Waals surface area contributed by atoms with Crippen molar-refractivity contribution in [2.45, 2.75) is 32.7 Å². The first kappa shape index (κ1) is 14.4. The monoisotopic (exact) mass is 294 g/mol. The Balaban J connectivity index is 2.35. The van der Waals surface area contributed by atoms with Crippen molar-refractivity contribution < 1.29 is 9.53 Å². The zero-order valence-corrected chi connectivity index (χ0v) is 12.8. The van der Waals surface area contributed by atoms with Crippen molar-refractivity contribution in [2.75, 3.05) is 7.11 Å². The standard InChI is InChI=1S/C18H18N2O2/c1-3-6-13-14(18(21)22-2)9-10-20-16-8-5-4-7-12(16)15(11-19)17(13)20/h4-5,7-8H,3,6,9-10H2,1-2H3. The number of methoxy groups -OCH3 is 1. The van der Waals surface area contributed by atoms with E-state index < -0.39 is 0 Å². The summed E-state index contributed by atoms with van der Waals surface area (Å²) >= 11 is 0. The molecule has 3 rings (SSSR count). The third-order valence-corrected chi connectivity index (χ3v) is 4.25. The van der Waals surface area contributed by atoms with E-state index in [9.17, 15) is 10.1 Å². The Morgan fingerprint density at radius 3 is 2.86 bits per heavy atom. The lowest BCUT2D eigenvalue weighted by molar-refractivity contribution is -0.136. The van der Waals surface area contributed by atoms with E-state index in [1.807, 2.05) is 24.3 Å². The maximum atomic E-state index is 12.1. The number of aryl methyl sites for hydroxylation is 1. The number of carbonyl (C=O) groups is 1. The Morgan fingerprint density at radius 2 is 2.18 bits per heavy atom. The molecule has 0 aliphatic carbocycles. The van der Waals surface area contributed by atoms with E-state index in [-0.39, 0.29) is 5.97 Å². The number of carbonyl (C=O) groups excluding carboxylic acids is 1. The number of para-hydroxylation sites is 1. The van der Waals surface area contributed by atoms with Crippen LogP contribution in [0.5, 0.6) is 0 Å². The van der Waals surface area contributed by atoms with Gasteiger partial charge in [0.2, 0.25) is 0 Å². The summed E-state index contributed by atoms with van der Waals surface area (Å²) in [6.45, 7) is 2.78. The van der Waals surface area contributed by atoms with Crippen molar-refractivity contribution in [2.24, 2.45) is 0 Å². The Bertz CT molecular complexity index is 821. The van der Waals surface area contributed by atoms with Crippen LogP contribution in [0.2, 0.25) is 0 Å². The molecule has 0 bridgehead atoms. The van der Waals surface area contributed by atoms with Crippen molar-refractivity contribution in [3.63, 3.8) is 0 Å². The first-order valence-electron chi connectivity index (χ1n) is 7.55. The Morgan fingerprint density at radius 1 is 1.41 bits per heavy atom. The summed E-state index contributed by atoms with van der Waals surface area (Å²) in [6.07, 6.45) is 2.34. The van der Waals surface area contributed by atoms with Crippen LogP contribution in [0.15, 0.2) is 29.8 Å². The van der Waals surface area contributed by atoms with Gasteiger partial charge in [-0.2, -0.15) is 5.26 Å². The number of nitrogens with zero attached hydrogens (tertiary/aromatic N) is 2. The van der Waals surface area contributed by atoms with Crippen LogP contribution < -0.4 is 0 Å². The minimum atomic E-state index is -0.274. The van der Waals surface area contributed by atoms with E-state index in [2.05, 4.69) is 17.6 Å². The van der Waals surface area contributed by atoms with Crippen molar-refractivity contribution in [1.82, 2.24) is 4.57 Å². The van der Waals surface area contributed by atoms with Crippen LogP contribution >= 0.6 is 0 Å². The maximum absolute atomic E-state index is 12.1. The number of aromatic nitrogens is 1. The fraction of sp³-hybridized carbons (Fsp3) is 0.333. The first-order valence-corrected chi connectivity index (χ1v) is 7.55. The van der Waals surface area contributed by atoms with Gasteiger partial charge in [0.05, 0.1) is 18.4 Å². The summed E-state index contributed by atoms with van der Waals surface area (Å²) in [5.41, 5.74) is 4.31. The number of hydrogen-bond donors (Lipinski definition) is 0. The van der Waals surface area contributed by atoms with Crippen LogP contribution in [0.3, 0.4) is 0 Å². The van der Waals surface area contributed by atoms with E-state index in [0.717, 1.165) is 40.6 Å². The highest BCUT2D eigenvalue weighted by Crippen LogP contribution is 2.38. The van der Waals surface area contributed by atoms with Crippen LogP contribution in [0.4, 0.5) is 0 Å². The quantitative estimate of drug-likeness (QED) is 0.812. The molecule has 2 heterocycles. The molecular formula is C18H18N2O2. The highest BCUT2D eigenvalue weighted by atomic mass is 16.5. The SMILES string of the molecule is CCCC1=C(C(=O)OC)CCn2c1c(C#N)c1ccccc12. The third-order valence-electron chi connectivity index (χ3n) is 4.25. The van der Waals surface area contributed by atoms with E-state index >= 15 is 0 Å². The smallest absolute Gasteiger partial charge is 0.334 e. The number of benzene rings is 1. The molecule has 1 aromatic heterocycles. The normalized spacial score (nSPS) is 13.9.